The summed E-state index contributed by atoms with van der Waals surface area (Å²) in [7, 11) is 1.19. The minimum atomic E-state index is -0.901. The van der Waals surface area contributed by atoms with Gasteiger partial charge in [-0.3, -0.25) is 24.0 Å². The quantitative estimate of drug-likeness (QED) is 0.303. The fourth-order valence-electron chi connectivity index (χ4n) is 1.76. The van der Waals surface area contributed by atoms with Crippen molar-refractivity contribution in [2.24, 2.45) is 0 Å². The lowest BCUT2D eigenvalue weighted by molar-refractivity contribution is -0.141. The van der Waals surface area contributed by atoms with Crippen LogP contribution in [0.5, 0.6) is 0 Å². The molecular weight excluding hydrogens is 364 g/mol. The van der Waals surface area contributed by atoms with Crippen LogP contribution in [0.2, 0.25) is 0 Å². The number of nitrogens with one attached hydrogen (secondary N) is 4. The van der Waals surface area contributed by atoms with E-state index in [1.54, 1.807) is 0 Å². The SMILES string of the molecule is COC(=O)CNC(=O)CNC(=O)[C@H](C)NC(=O)[C@H](CCSC)NC(C)=O. The molecule has 2 atom stereocenters. The summed E-state index contributed by atoms with van der Waals surface area (Å²) in [5, 5.41) is 9.64. The third-order valence-electron chi connectivity index (χ3n) is 3.14. The highest BCUT2D eigenvalue weighted by atomic mass is 32.2. The third-order valence-corrected chi connectivity index (χ3v) is 3.78. The first-order chi connectivity index (χ1) is 12.2. The number of carbonyl (C=O) groups is 5. The maximum absolute atomic E-state index is 12.2. The normalized spacial score (nSPS) is 12.3. The van der Waals surface area contributed by atoms with Gasteiger partial charge >= 0.3 is 5.97 Å². The maximum Gasteiger partial charge on any atom is 0.325 e. The highest BCUT2D eigenvalue weighted by molar-refractivity contribution is 7.98. The van der Waals surface area contributed by atoms with Crippen molar-refractivity contribution in [1.82, 2.24) is 21.3 Å². The zero-order chi connectivity index (χ0) is 20.1. The van der Waals surface area contributed by atoms with Gasteiger partial charge in [-0.05, 0) is 25.4 Å². The summed E-state index contributed by atoms with van der Waals surface area (Å²) in [5.74, 6) is -1.91. The first-order valence-electron chi connectivity index (χ1n) is 7.88. The standard InChI is InChI=1S/C15H26N4O6S/c1-9(14(23)17-7-12(21)16-8-13(22)25-3)18-15(24)11(5-6-26-4)19-10(2)20/h9,11H,5-8H2,1-4H3,(H,16,21)(H,17,23)(H,18,24)(H,19,20)/t9-,11-/m0/s1. The lowest BCUT2D eigenvalue weighted by atomic mass is 10.2. The molecule has 0 aromatic carbocycles. The Morgan fingerprint density at radius 2 is 1.65 bits per heavy atom. The van der Waals surface area contributed by atoms with E-state index < -0.39 is 35.8 Å². The fraction of sp³-hybridized carbons (Fsp3) is 0.667. The summed E-state index contributed by atoms with van der Waals surface area (Å²) in [6, 6.07) is -1.64. The van der Waals surface area contributed by atoms with Gasteiger partial charge in [-0.25, -0.2) is 0 Å². The lowest BCUT2D eigenvalue weighted by Crippen LogP contribution is -2.53. The molecule has 0 saturated heterocycles. The molecule has 0 heterocycles. The summed E-state index contributed by atoms with van der Waals surface area (Å²) in [5.41, 5.74) is 0. The van der Waals surface area contributed by atoms with Crippen LogP contribution >= 0.6 is 11.8 Å². The second kappa shape index (κ2) is 13.0. The van der Waals surface area contributed by atoms with E-state index in [4.69, 9.17) is 0 Å². The lowest BCUT2D eigenvalue weighted by Gasteiger charge is -2.20. The molecule has 0 aromatic heterocycles. The molecule has 0 saturated carbocycles. The Morgan fingerprint density at radius 3 is 2.19 bits per heavy atom. The second-order valence-electron chi connectivity index (χ2n) is 5.34. The van der Waals surface area contributed by atoms with Gasteiger partial charge in [-0.1, -0.05) is 0 Å². The van der Waals surface area contributed by atoms with Crippen LogP contribution in [0, 0.1) is 0 Å². The first-order valence-corrected chi connectivity index (χ1v) is 9.28. The number of thioether (sulfide) groups is 1. The van der Waals surface area contributed by atoms with Gasteiger partial charge in [0.25, 0.3) is 0 Å². The number of hydrogen-bond donors (Lipinski definition) is 4. The highest BCUT2D eigenvalue weighted by Crippen LogP contribution is 2.01. The van der Waals surface area contributed by atoms with E-state index in [-0.39, 0.29) is 19.0 Å². The molecule has 0 fully saturated rings. The van der Waals surface area contributed by atoms with Gasteiger partial charge in [0.15, 0.2) is 0 Å². The monoisotopic (exact) mass is 390 g/mol. The average molecular weight is 390 g/mol. The van der Waals surface area contributed by atoms with Gasteiger partial charge < -0.3 is 26.0 Å². The predicted octanol–water partition coefficient (Wildman–Crippen LogP) is -1.85. The Labute approximate surface area is 156 Å². The Kier molecular flexibility index (Phi) is 11.8. The molecule has 4 N–H and O–H groups in total. The number of methoxy groups -OCH3 is 1. The van der Waals surface area contributed by atoms with E-state index in [1.165, 1.54) is 32.7 Å². The molecule has 0 aliphatic heterocycles. The van der Waals surface area contributed by atoms with Crippen molar-refractivity contribution in [2.75, 3.05) is 32.2 Å². The van der Waals surface area contributed by atoms with E-state index in [1.807, 2.05) is 6.26 Å². The van der Waals surface area contributed by atoms with E-state index in [2.05, 4.69) is 26.0 Å². The number of rotatable bonds is 11. The van der Waals surface area contributed by atoms with Crippen LogP contribution in [0.4, 0.5) is 0 Å². The van der Waals surface area contributed by atoms with Crippen molar-refractivity contribution in [3.8, 4) is 0 Å². The Hall–Kier alpha value is -2.30. The summed E-state index contributed by atoms with van der Waals surface area (Å²) >= 11 is 1.53. The molecule has 10 nitrogen and oxygen atoms in total. The summed E-state index contributed by atoms with van der Waals surface area (Å²) in [4.78, 5) is 57.7. The summed E-state index contributed by atoms with van der Waals surface area (Å²) in [6.07, 6.45) is 2.31. The van der Waals surface area contributed by atoms with Crippen molar-refractivity contribution >= 4 is 41.4 Å². The number of hydrogen-bond acceptors (Lipinski definition) is 7. The highest BCUT2D eigenvalue weighted by Gasteiger charge is 2.23. The molecule has 0 aromatic rings. The van der Waals surface area contributed by atoms with E-state index >= 15 is 0 Å². The Balaban J connectivity index is 4.40. The molecule has 0 aliphatic carbocycles. The molecule has 0 rings (SSSR count). The number of esters is 1. The second-order valence-corrected chi connectivity index (χ2v) is 6.32. The first kappa shape index (κ1) is 23.7. The van der Waals surface area contributed by atoms with Gasteiger partial charge in [-0.2, -0.15) is 11.8 Å². The Bertz CT molecular complexity index is 528. The van der Waals surface area contributed by atoms with Crippen molar-refractivity contribution in [2.45, 2.75) is 32.4 Å². The average Bonchev–Trinajstić information content (AvgIpc) is 2.60. The van der Waals surface area contributed by atoms with Gasteiger partial charge in [0.05, 0.1) is 13.7 Å². The minimum absolute atomic E-state index is 0.300. The van der Waals surface area contributed by atoms with Crippen LogP contribution in [0.1, 0.15) is 20.3 Å². The summed E-state index contributed by atoms with van der Waals surface area (Å²) < 4.78 is 4.37. The van der Waals surface area contributed by atoms with E-state index in [0.29, 0.717) is 12.2 Å². The van der Waals surface area contributed by atoms with E-state index in [0.717, 1.165) is 0 Å². The molecule has 0 spiro atoms. The van der Waals surface area contributed by atoms with Crippen molar-refractivity contribution < 1.29 is 28.7 Å². The number of amides is 4. The molecule has 0 bridgehead atoms. The number of ether oxygens (including phenoxy) is 1. The molecule has 4 amide bonds. The molecule has 26 heavy (non-hydrogen) atoms. The van der Waals surface area contributed by atoms with Crippen LogP contribution in [0.3, 0.4) is 0 Å². The van der Waals surface area contributed by atoms with Gasteiger partial charge in [-0.15, -0.1) is 0 Å². The fourth-order valence-corrected chi connectivity index (χ4v) is 2.23. The molecule has 0 unspecified atom stereocenters. The van der Waals surface area contributed by atoms with Gasteiger partial charge in [0.1, 0.15) is 18.6 Å². The van der Waals surface area contributed by atoms with Crippen molar-refractivity contribution in [3.63, 3.8) is 0 Å². The van der Waals surface area contributed by atoms with Crippen LogP contribution < -0.4 is 21.3 Å². The minimum Gasteiger partial charge on any atom is -0.468 e. The van der Waals surface area contributed by atoms with Crippen molar-refractivity contribution in [1.29, 1.82) is 0 Å². The van der Waals surface area contributed by atoms with Crippen LogP contribution in [-0.4, -0.2) is 73.9 Å². The third kappa shape index (κ3) is 10.5. The Morgan fingerprint density at radius 1 is 1.00 bits per heavy atom. The molecule has 0 radical (unpaired) electrons. The predicted molar refractivity (Wildman–Crippen MR) is 96.2 cm³/mol. The summed E-state index contributed by atoms with van der Waals surface area (Å²) in [6.45, 7) is 2.12. The van der Waals surface area contributed by atoms with Crippen LogP contribution in [0.25, 0.3) is 0 Å². The number of carbonyl (C=O) groups excluding carboxylic acids is 5. The topological polar surface area (TPSA) is 143 Å². The molecular formula is C15H26N4O6S. The van der Waals surface area contributed by atoms with Crippen LogP contribution in [0.15, 0.2) is 0 Å². The zero-order valence-corrected chi connectivity index (χ0v) is 16.2. The molecule has 11 heteroatoms. The molecule has 148 valence electrons. The smallest absolute Gasteiger partial charge is 0.325 e. The molecule has 0 aliphatic rings. The van der Waals surface area contributed by atoms with Gasteiger partial charge in [0, 0.05) is 6.92 Å². The zero-order valence-electron chi connectivity index (χ0n) is 15.3. The van der Waals surface area contributed by atoms with E-state index in [9.17, 15) is 24.0 Å². The van der Waals surface area contributed by atoms with Crippen molar-refractivity contribution in [3.05, 3.63) is 0 Å². The maximum atomic E-state index is 12.2. The van der Waals surface area contributed by atoms with Crippen LogP contribution in [-0.2, 0) is 28.7 Å². The van der Waals surface area contributed by atoms with Gasteiger partial charge in [0.2, 0.25) is 23.6 Å². The largest absolute Gasteiger partial charge is 0.468 e.